The zero-order chi connectivity index (χ0) is 15.9. The molecule has 2 aromatic carbocycles. The molecular weight excluding hydrogens is 397 g/mol. The van der Waals surface area contributed by atoms with Gasteiger partial charge in [0, 0.05) is 6.08 Å². The second-order valence-corrected chi connectivity index (χ2v) is 5.57. The molecule has 0 unspecified atom stereocenters. The van der Waals surface area contributed by atoms with Gasteiger partial charge in [-0.05, 0) is 45.9 Å². The summed E-state index contributed by atoms with van der Waals surface area (Å²) in [5.74, 6) is 1.18. The highest BCUT2D eigenvalue weighted by Crippen LogP contribution is 2.34. The van der Waals surface area contributed by atoms with Crippen LogP contribution in [0.15, 0.2) is 48.7 Å². The van der Waals surface area contributed by atoms with Crippen LogP contribution in [-0.4, -0.2) is 12.0 Å². The van der Waals surface area contributed by atoms with Gasteiger partial charge in [-0.2, -0.15) is 0 Å². The van der Waals surface area contributed by atoms with Gasteiger partial charge in [-0.25, -0.2) is 0 Å². The monoisotopic (exact) mass is 411 g/mol. The van der Waals surface area contributed by atoms with E-state index in [4.69, 9.17) is 9.47 Å². The third kappa shape index (κ3) is 4.45. The van der Waals surface area contributed by atoms with Crippen LogP contribution in [0.1, 0.15) is 11.1 Å². The number of nitro groups is 1. The Bertz CT molecular complexity index is 686. The van der Waals surface area contributed by atoms with Crippen molar-refractivity contribution in [3.05, 3.63) is 73.5 Å². The zero-order valence-corrected chi connectivity index (χ0v) is 14.0. The molecule has 0 N–H and O–H groups in total. The average molecular weight is 411 g/mol. The number of ether oxygens (including phenoxy) is 2. The summed E-state index contributed by atoms with van der Waals surface area (Å²) in [6.07, 6.45) is 2.32. The van der Waals surface area contributed by atoms with Gasteiger partial charge in [-0.1, -0.05) is 30.3 Å². The van der Waals surface area contributed by atoms with Crippen LogP contribution >= 0.6 is 22.6 Å². The van der Waals surface area contributed by atoms with E-state index >= 15 is 0 Å². The quantitative estimate of drug-likeness (QED) is 0.408. The molecule has 0 atom stereocenters. The van der Waals surface area contributed by atoms with Gasteiger partial charge in [0.1, 0.15) is 6.61 Å². The van der Waals surface area contributed by atoms with Gasteiger partial charge in [-0.15, -0.1) is 0 Å². The Morgan fingerprint density at radius 1 is 1.27 bits per heavy atom. The molecule has 0 aliphatic rings. The van der Waals surface area contributed by atoms with Crippen LogP contribution in [0.4, 0.5) is 0 Å². The van der Waals surface area contributed by atoms with Crippen LogP contribution in [0.2, 0.25) is 0 Å². The fraction of sp³-hybridized carbons (Fsp3) is 0.125. The third-order valence-corrected chi connectivity index (χ3v) is 3.67. The molecule has 0 saturated heterocycles. The number of hydrogen-bond acceptors (Lipinski definition) is 4. The number of nitrogens with zero attached hydrogens (tertiary/aromatic N) is 1. The Balaban J connectivity index is 2.22. The summed E-state index contributed by atoms with van der Waals surface area (Å²) < 4.78 is 12.0. The van der Waals surface area contributed by atoms with Crippen molar-refractivity contribution in [2.24, 2.45) is 0 Å². The molecule has 0 aromatic heterocycles. The van der Waals surface area contributed by atoms with Gasteiger partial charge in [0.05, 0.1) is 15.6 Å². The fourth-order valence-electron chi connectivity index (χ4n) is 1.85. The molecule has 0 saturated carbocycles. The van der Waals surface area contributed by atoms with Crippen LogP contribution in [0.5, 0.6) is 11.5 Å². The number of rotatable bonds is 6. The maximum atomic E-state index is 10.4. The van der Waals surface area contributed by atoms with Crippen LogP contribution in [0, 0.1) is 13.7 Å². The van der Waals surface area contributed by atoms with Crippen molar-refractivity contribution < 1.29 is 14.4 Å². The molecule has 0 aliphatic carbocycles. The van der Waals surface area contributed by atoms with E-state index in [0.29, 0.717) is 23.7 Å². The van der Waals surface area contributed by atoms with Crippen LogP contribution < -0.4 is 9.47 Å². The van der Waals surface area contributed by atoms with E-state index in [1.165, 1.54) is 6.08 Å². The average Bonchev–Trinajstić information content (AvgIpc) is 2.52. The lowest BCUT2D eigenvalue weighted by molar-refractivity contribution is -0.400. The van der Waals surface area contributed by atoms with Crippen molar-refractivity contribution in [1.82, 2.24) is 0 Å². The molecule has 0 fully saturated rings. The van der Waals surface area contributed by atoms with E-state index < -0.39 is 4.92 Å². The lowest BCUT2D eigenvalue weighted by Gasteiger charge is -2.13. The minimum absolute atomic E-state index is 0.428. The molecule has 0 spiro atoms. The smallest absolute Gasteiger partial charge is 0.235 e. The summed E-state index contributed by atoms with van der Waals surface area (Å²) in [5, 5.41) is 10.4. The number of benzene rings is 2. The van der Waals surface area contributed by atoms with Crippen molar-refractivity contribution in [3.63, 3.8) is 0 Å². The topological polar surface area (TPSA) is 61.6 Å². The minimum atomic E-state index is -0.501. The molecule has 6 heteroatoms. The minimum Gasteiger partial charge on any atom is -0.493 e. The summed E-state index contributed by atoms with van der Waals surface area (Å²) in [6, 6.07) is 13.3. The number of hydrogen-bond donors (Lipinski definition) is 0. The highest BCUT2D eigenvalue weighted by atomic mass is 127. The van der Waals surface area contributed by atoms with Crippen LogP contribution in [0.25, 0.3) is 6.08 Å². The summed E-state index contributed by atoms with van der Waals surface area (Å²) in [4.78, 5) is 9.90. The van der Waals surface area contributed by atoms with Crippen molar-refractivity contribution >= 4 is 28.7 Å². The van der Waals surface area contributed by atoms with Gasteiger partial charge >= 0.3 is 0 Å². The summed E-state index contributed by atoms with van der Waals surface area (Å²) in [6.45, 7) is 0.428. The predicted octanol–water partition coefficient (Wildman–Crippen LogP) is 4.13. The molecular formula is C16H14INO4. The van der Waals surface area contributed by atoms with Crippen molar-refractivity contribution in [2.45, 2.75) is 6.61 Å². The molecule has 5 nitrogen and oxygen atoms in total. The molecule has 114 valence electrons. The standard InChI is InChI=1S/C16H14INO4/c1-21-15-10-13(7-8-18(19)20)9-14(17)16(15)22-11-12-5-3-2-4-6-12/h2-10H,11H2,1H3/b8-7+. The Kier molecular flexibility index (Phi) is 5.76. The van der Waals surface area contributed by atoms with E-state index in [-0.39, 0.29) is 0 Å². The van der Waals surface area contributed by atoms with Gasteiger partial charge in [0.2, 0.25) is 6.20 Å². The Hall–Kier alpha value is -2.09. The Labute approximate surface area is 141 Å². The van der Waals surface area contributed by atoms with Crippen LogP contribution in [-0.2, 0) is 6.61 Å². The third-order valence-electron chi connectivity index (χ3n) is 2.87. The number of methoxy groups -OCH3 is 1. The normalized spacial score (nSPS) is 10.6. The lowest BCUT2D eigenvalue weighted by Crippen LogP contribution is -2.00. The van der Waals surface area contributed by atoms with Gasteiger partial charge in [0.15, 0.2) is 11.5 Å². The molecule has 0 amide bonds. The first-order chi connectivity index (χ1) is 10.6. The van der Waals surface area contributed by atoms with Crippen molar-refractivity contribution in [2.75, 3.05) is 7.11 Å². The van der Waals surface area contributed by atoms with E-state index in [2.05, 4.69) is 22.6 Å². The molecule has 2 rings (SSSR count). The van der Waals surface area contributed by atoms with E-state index in [1.54, 1.807) is 13.2 Å². The first kappa shape index (κ1) is 16.3. The summed E-state index contributed by atoms with van der Waals surface area (Å²) in [5.41, 5.74) is 1.74. The van der Waals surface area contributed by atoms with E-state index in [1.807, 2.05) is 36.4 Å². The van der Waals surface area contributed by atoms with E-state index in [9.17, 15) is 10.1 Å². The highest BCUT2D eigenvalue weighted by Gasteiger charge is 2.11. The lowest BCUT2D eigenvalue weighted by atomic mass is 10.2. The zero-order valence-electron chi connectivity index (χ0n) is 11.9. The van der Waals surface area contributed by atoms with Crippen molar-refractivity contribution in [1.29, 1.82) is 0 Å². The summed E-state index contributed by atoms with van der Waals surface area (Å²) in [7, 11) is 1.54. The Morgan fingerprint density at radius 2 is 2.00 bits per heavy atom. The largest absolute Gasteiger partial charge is 0.493 e. The maximum absolute atomic E-state index is 10.4. The van der Waals surface area contributed by atoms with Crippen LogP contribution in [0.3, 0.4) is 0 Å². The SMILES string of the molecule is COc1cc(/C=C/[N+](=O)[O-])cc(I)c1OCc1ccccc1. The van der Waals surface area contributed by atoms with E-state index in [0.717, 1.165) is 15.3 Å². The second kappa shape index (κ2) is 7.79. The fourth-order valence-corrected chi connectivity index (χ4v) is 2.63. The molecule has 0 heterocycles. The number of halogens is 1. The maximum Gasteiger partial charge on any atom is 0.235 e. The Morgan fingerprint density at radius 3 is 2.64 bits per heavy atom. The highest BCUT2D eigenvalue weighted by molar-refractivity contribution is 14.1. The molecule has 0 radical (unpaired) electrons. The van der Waals surface area contributed by atoms with Gasteiger partial charge in [0.25, 0.3) is 0 Å². The molecule has 2 aromatic rings. The predicted molar refractivity (Wildman–Crippen MR) is 92.5 cm³/mol. The van der Waals surface area contributed by atoms with Gasteiger partial charge < -0.3 is 9.47 Å². The summed E-state index contributed by atoms with van der Waals surface area (Å²) >= 11 is 2.13. The first-order valence-corrected chi connectivity index (χ1v) is 7.54. The molecule has 0 bridgehead atoms. The molecule has 0 aliphatic heterocycles. The van der Waals surface area contributed by atoms with Gasteiger partial charge in [-0.3, -0.25) is 10.1 Å². The first-order valence-electron chi connectivity index (χ1n) is 6.46. The molecule has 22 heavy (non-hydrogen) atoms. The second-order valence-electron chi connectivity index (χ2n) is 4.41. The van der Waals surface area contributed by atoms with Crippen molar-refractivity contribution in [3.8, 4) is 11.5 Å².